The first-order valence-electron chi connectivity index (χ1n) is 5.15. The van der Waals surface area contributed by atoms with Crippen LogP contribution in [-0.4, -0.2) is 9.97 Å². The maximum Gasteiger partial charge on any atom is 0.140 e. The van der Waals surface area contributed by atoms with Gasteiger partial charge in [0.15, 0.2) is 0 Å². The van der Waals surface area contributed by atoms with E-state index in [9.17, 15) is 0 Å². The fourth-order valence-electron chi connectivity index (χ4n) is 1.43. The van der Waals surface area contributed by atoms with Gasteiger partial charge in [-0.2, -0.15) is 0 Å². The predicted octanol–water partition coefficient (Wildman–Crippen LogP) is 4.07. The Morgan fingerprint density at radius 2 is 2.18 bits per heavy atom. The molecule has 88 valence electrons. The van der Waals surface area contributed by atoms with Gasteiger partial charge in [-0.15, -0.1) is 0 Å². The molecule has 2 aromatic rings. The molecule has 0 saturated carbocycles. The van der Waals surface area contributed by atoms with Gasteiger partial charge in [-0.3, -0.25) is 4.98 Å². The topological polar surface area (TPSA) is 37.8 Å². The number of pyridine rings is 2. The van der Waals surface area contributed by atoms with E-state index in [4.69, 9.17) is 11.6 Å². The first kappa shape index (κ1) is 12.3. The molecule has 2 rings (SSSR count). The van der Waals surface area contributed by atoms with E-state index in [1.54, 1.807) is 12.4 Å². The molecule has 3 nitrogen and oxygen atoms in total. The van der Waals surface area contributed by atoms with Gasteiger partial charge in [0.1, 0.15) is 5.82 Å². The molecule has 0 aliphatic heterocycles. The predicted molar refractivity (Wildman–Crippen MR) is 73.2 cm³/mol. The smallest absolute Gasteiger partial charge is 0.140 e. The molecule has 0 bridgehead atoms. The Kier molecular flexibility index (Phi) is 3.97. The van der Waals surface area contributed by atoms with E-state index in [0.29, 0.717) is 5.02 Å². The minimum Gasteiger partial charge on any atom is -0.361 e. The van der Waals surface area contributed by atoms with Crippen LogP contribution in [0.15, 0.2) is 41.1 Å². The number of rotatable bonds is 3. The van der Waals surface area contributed by atoms with E-state index < -0.39 is 0 Å². The summed E-state index contributed by atoms with van der Waals surface area (Å²) in [6, 6.07) is 7.72. The van der Waals surface area contributed by atoms with E-state index in [0.717, 1.165) is 16.0 Å². The minimum atomic E-state index is 0.0844. The number of nitrogens with zero attached hydrogens (tertiary/aromatic N) is 2. The largest absolute Gasteiger partial charge is 0.361 e. The van der Waals surface area contributed by atoms with E-state index in [1.807, 2.05) is 31.2 Å². The Balaban J connectivity index is 2.16. The fourth-order valence-corrected chi connectivity index (χ4v) is 2.19. The number of nitrogens with one attached hydrogen (secondary N) is 1. The van der Waals surface area contributed by atoms with Crippen molar-refractivity contribution < 1.29 is 0 Å². The van der Waals surface area contributed by atoms with Gasteiger partial charge in [0.2, 0.25) is 0 Å². The number of hydrogen-bond donors (Lipinski definition) is 1. The third kappa shape index (κ3) is 3.17. The molecular weight excluding hydrogens is 302 g/mol. The maximum absolute atomic E-state index is 5.84. The van der Waals surface area contributed by atoms with Crippen molar-refractivity contribution in [2.45, 2.75) is 13.0 Å². The second-order valence-corrected chi connectivity index (χ2v) is 4.90. The van der Waals surface area contributed by atoms with Crippen LogP contribution in [0.25, 0.3) is 0 Å². The van der Waals surface area contributed by atoms with Gasteiger partial charge in [0, 0.05) is 12.4 Å². The van der Waals surface area contributed by atoms with Crippen LogP contribution in [0.5, 0.6) is 0 Å². The minimum absolute atomic E-state index is 0.0844. The summed E-state index contributed by atoms with van der Waals surface area (Å²) in [4.78, 5) is 8.52. The molecule has 5 heteroatoms. The summed E-state index contributed by atoms with van der Waals surface area (Å²) in [6.45, 7) is 2.03. The lowest BCUT2D eigenvalue weighted by Crippen LogP contribution is -2.09. The molecule has 1 atom stereocenters. The Morgan fingerprint density at radius 3 is 2.82 bits per heavy atom. The maximum atomic E-state index is 5.84. The van der Waals surface area contributed by atoms with Crippen molar-refractivity contribution in [3.8, 4) is 0 Å². The van der Waals surface area contributed by atoms with Crippen LogP contribution < -0.4 is 5.32 Å². The van der Waals surface area contributed by atoms with Crippen LogP contribution in [0.1, 0.15) is 18.7 Å². The summed E-state index contributed by atoms with van der Waals surface area (Å²) in [5.74, 6) is 0.757. The van der Waals surface area contributed by atoms with Gasteiger partial charge < -0.3 is 5.32 Å². The van der Waals surface area contributed by atoms with Crippen LogP contribution in [0.3, 0.4) is 0 Å². The summed E-state index contributed by atoms with van der Waals surface area (Å²) < 4.78 is 0.841. The van der Waals surface area contributed by atoms with Crippen LogP contribution in [0.4, 0.5) is 5.82 Å². The summed E-state index contributed by atoms with van der Waals surface area (Å²) in [5.41, 5.74) is 0.969. The van der Waals surface area contributed by atoms with Crippen molar-refractivity contribution in [2.75, 3.05) is 5.32 Å². The number of anilines is 1. The van der Waals surface area contributed by atoms with Crippen LogP contribution >= 0.6 is 27.5 Å². The molecule has 0 fully saturated rings. The van der Waals surface area contributed by atoms with E-state index in [2.05, 4.69) is 31.2 Å². The molecule has 17 heavy (non-hydrogen) atoms. The molecule has 0 saturated heterocycles. The van der Waals surface area contributed by atoms with Gasteiger partial charge in [0.05, 0.1) is 21.2 Å². The summed E-state index contributed by atoms with van der Waals surface area (Å²) in [5, 5.41) is 3.88. The normalized spacial score (nSPS) is 12.2. The van der Waals surface area contributed by atoms with E-state index in [1.165, 1.54) is 0 Å². The van der Waals surface area contributed by atoms with E-state index in [-0.39, 0.29) is 6.04 Å². The van der Waals surface area contributed by atoms with Crippen molar-refractivity contribution in [3.05, 3.63) is 51.8 Å². The van der Waals surface area contributed by atoms with Crippen LogP contribution in [-0.2, 0) is 0 Å². The third-order valence-corrected chi connectivity index (χ3v) is 3.10. The first-order valence-corrected chi connectivity index (χ1v) is 6.32. The van der Waals surface area contributed by atoms with Crippen molar-refractivity contribution >= 4 is 33.3 Å². The zero-order chi connectivity index (χ0) is 12.3. The Morgan fingerprint density at radius 1 is 1.35 bits per heavy atom. The van der Waals surface area contributed by atoms with Gasteiger partial charge in [-0.1, -0.05) is 17.7 Å². The quantitative estimate of drug-likeness (QED) is 0.928. The second kappa shape index (κ2) is 5.47. The molecule has 0 aliphatic rings. The third-order valence-electron chi connectivity index (χ3n) is 2.29. The molecule has 2 aromatic heterocycles. The average molecular weight is 313 g/mol. The lowest BCUT2D eigenvalue weighted by Gasteiger charge is -2.14. The van der Waals surface area contributed by atoms with Crippen molar-refractivity contribution in [3.63, 3.8) is 0 Å². The number of halogens is 2. The Hall–Kier alpha value is -1.13. The zero-order valence-corrected chi connectivity index (χ0v) is 11.5. The molecule has 0 aliphatic carbocycles. The van der Waals surface area contributed by atoms with Gasteiger partial charge >= 0.3 is 0 Å². The van der Waals surface area contributed by atoms with Crippen LogP contribution in [0.2, 0.25) is 5.02 Å². The van der Waals surface area contributed by atoms with Crippen LogP contribution in [0, 0.1) is 0 Å². The highest BCUT2D eigenvalue weighted by Gasteiger charge is 2.09. The number of aromatic nitrogens is 2. The van der Waals surface area contributed by atoms with E-state index >= 15 is 0 Å². The molecular formula is C12H11BrClN3. The molecule has 1 unspecified atom stereocenters. The second-order valence-electron chi connectivity index (χ2n) is 3.60. The molecule has 0 aromatic carbocycles. The molecule has 2 heterocycles. The lowest BCUT2D eigenvalue weighted by atomic mass is 10.2. The average Bonchev–Trinajstić information content (AvgIpc) is 2.34. The Bertz CT molecular complexity index is 504. The standard InChI is InChI=1S/C12H11BrClN3/c1-8(11-4-2-3-5-15-11)17-12-10(13)6-9(14)7-16-12/h2-8H,1H3,(H,16,17). The summed E-state index contributed by atoms with van der Waals surface area (Å²) >= 11 is 9.26. The molecule has 0 amide bonds. The monoisotopic (exact) mass is 311 g/mol. The fraction of sp³-hybridized carbons (Fsp3) is 0.167. The number of hydrogen-bond acceptors (Lipinski definition) is 3. The highest BCUT2D eigenvalue weighted by atomic mass is 79.9. The highest BCUT2D eigenvalue weighted by molar-refractivity contribution is 9.10. The van der Waals surface area contributed by atoms with Gasteiger partial charge in [0.25, 0.3) is 0 Å². The highest BCUT2D eigenvalue weighted by Crippen LogP contribution is 2.26. The van der Waals surface area contributed by atoms with Crippen molar-refractivity contribution in [2.24, 2.45) is 0 Å². The summed E-state index contributed by atoms with van der Waals surface area (Å²) in [7, 11) is 0. The summed E-state index contributed by atoms with van der Waals surface area (Å²) in [6.07, 6.45) is 3.39. The molecule has 0 radical (unpaired) electrons. The van der Waals surface area contributed by atoms with Gasteiger partial charge in [-0.05, 0) is 41.1 Å². The molecule has 0 spiro atoms. The Labute approximate surface area is 113 Å². The molecule has 1 N–H and O–H groups in total. The van der Waals surface area contributed by atoms with Gasteiger partial charge in [-0.25, -0.2) is 4.98 Å². The van der Waals surface area contributed by atoms with Crippen molar-refractivity contribution in [1.29, 1.82) is 0 Å². The SMILES string of the molecule is CC(Nc1ncc(Cl)cc1Br)c1ccccn1. The zero-order valence-electron chi connectivity index (χ0n) is 9.19. The van der Waals surface area contributed by atoms with Crippen molar-refractivity contribution in [1.82, 2.24) is 9.97 Å². The lowest BCUT2D eigenvalue weighted by molar-refractivity contribution is 0.831. The first-order chi connectivity index (χ1) is 8.16.